The van der Waals surface area contributed by atoms with Gasteiger partial charge in [-0.3, -0.25) is 14.4 Å². The number of carbonyl (C=O) groups excluding carboxylic acids is 2. The average molecular weight is 273 g/mol. The molecule has 8 heteroatoms. The van der Waals surface area contributed by atoms with Crippen LogP contribution in [0.1, 0.15) is 13.3 Å². The molecule has 3 unspecified atom stereocenters. The summed E-state index contributed by atoms with van der Waals surface area (Å²) in [5, 5.41) is 9.07. The lowest BCUT2D eigenvalue weighted by molar-refractivity contribution is -0.145. The molecule has 19 heavy (non-hydrogen) atoms. The lowest BCUT2D eigenvalue weighted by Crippen LogP contribution is -2.53. The molecular weight excluding hydrogens is 254 g/mol. The predicted octanol–water partition coefficient (Wildman–Crippen LogP) is -1.86. The van der Waals surface area contributed by atoms with Gasteiger partial charge in [0.25, 0.3) is 0 Å². The van der Waals surface area contributed by atoms with Crippen molar-refractivity contribution in [3.8, 4) is 0 Å². The van der Waals surface area contributed by atoms with Crippen molar-refractivity contribution < 1.29 is 24.2 Å². The molecule has 0 radical (unpaired) electrons. The fraction of sp³-hybridized carbons (Fsp3) is 0.727. The van der Waals surface area contributed by atoms with Gasteiger partial charge in [-0.1, -0.05) is 0 Å². The Labute approximate surface area is 110 Å². The zero-order chi connectivity index (χ0) is 14.6. The Balaban J connectivity index is 2.79. The summed E-state index contributed by atoms with van der Waals surface area (Å²) in [7, 11) is 0. The maximum Gasteiger partial charge on any atom is 0.311 e. The van der Waals surface area contributed by atoms with E-state index in [2.05, 4.69) is 0 Å². The smallest absolute Gasteiger partial charge is 0.311 e. The number of nitrogens with two attached hydrogens (primary N) is 2. The van der Waals surface area contributed by atoms with Crippen molar-refractivity contribution in [2.24, 2.45) is 17.4 Å². The number of likely N-dealkylation sites (N-methyl/N-ethyl adjacent to an activating group) is 1. The molecule has 0 aliphatic carbocycles. The van der Waals surface area contributed by atoms with Crippen LogP contribution in [0.15, 0.2) is 0 Å². The van der Waals surface area contributed by atoms with Crippen LogP contribution in [0, 0.1) is 5.92 Å². The lowest BCUT2D eigenvalue weighted by atomic mass is 10.0. The maximum absolute atomic E-state index is 12.1. The van der Waals surface area contributed by atoms with E-state index in [0.29, 0.717) is 6.54 Å². The molecule has 1 aliphatic rings. The monoisotopic (exact) mass is 273 g/mol. The molecule has 0 aromatic rings. The van der Waals surface area contributed by atoms with Crippen LogP contribution in [0.4, 0.5) is 0 Å². The van der Waals surface area contributed by atoms with Gasteiger partial charge in [0.15, 0.2) is 0 Å². The summed E-state index contributed by atoms with van der Waals surface area (Å²) < 4.78 is 5.12. The first-order chi connectivity index (χ1) is 8.88. The van der Waals surface area contributed by atoms with Crippen molar-refractivity contribution in [1.82, 2.24) is 4.90 Å². The van der Waals surface area contributed by atoms with Crippen LogP contribution in [0.5, 0.6) is 0 Å². The fourth-order valence-electron chi connectivity index (χ4n) is 2.16. The number of hydrogen-bond acceptors (Lipinski definition) is 5. The first-order valence-corrected chi connectivity index (χ1v) is 6.03. The number of carboxylic acids is 1. The molecule has 2 amide bonds. The SMILES string of the molecule is CCN(C(=O)C(N)CC(N)=O)C1COCC1C(=O)O. The summed E-state index contributed by atoms with van der Waals surface area (Å²) in [5.74, 6) is -2.95. The Bertz CT molecular complexity index is 373. The second-order valence-electron chi connectivity index (χ2n) is 4.45. The average Bonchev–Trinajstić information content (AvgIpc) is 2.78. The first-order valence-electron chi connectivity index (χ1n) is 6.03. The van der Waals surface area contributed by atoms with Crippen LogP contribution in [-0.4, -0.2) is 59.6 Å². The van der Waals surface area contributed by atoms with Crippen LogP contribution in [0.3, 0.4) is 0 Å². The third-order valence-corrected chi connectivity index (χ3v) is 3.13. The molecule has 1 saturated heterocycles. The van der Waals surface area contributed by atoms with Crippen LogP contribution in [0.2, 0.25) is 0 Å². The van der Waals surface area contributed by atoms with E-state index in [4.69, 9.17) is 21.3 Å². The van der Waals surface area contributed by atoms with E-state index in [1.54, 1.807) is 6.92 Å². The highest BCUT2D eigenvalue weighted by Gasteiger charge is 2.40. The van der Waals surface area contributed by atoms with Gasteiger partial charge in [-0.25, -0.2) is 0 Å². The third-order valence-electron chi connectivity index (χ3n) is 3.13. The molecule has 1 heterocycles. The summed E-state index contributed by atoms with van der Waals surface area (Å²) in [4.78, 5) is 35.3. The standard InChI is InChI=1S/C11H19N3O5/c1-2-14(10(16)7(12)3-9(13)15)8-5-19-4-6(8)11(17)18/h6-8H,2-5,12H2,1H3,(H2,13,15)(H,17,18). The van der Waals surface area contributed by atoms with Gasteiger partial charge in [0.05, 0.1) is 31.7 Å². The minimum atomic E-state index is -1.05. The summed E-state index contributed by atoms with van der Waals surface area (Å²) in [6, 6.07) is -1.61. The van der Waals surface area contributed by atoms with Gasteiger partial charge in [0.1, 0.15) is 5.92 Å². The normalized spacial score (nSPS) is 23.9. The summed E-state index contributed by atoms with van der Waals surface area (Å²) in [5.41, 5.74) is 10.6. The number of primary amides is 1. The van der Waals surface area contributed by atoms with Crippen molar-refractivity contribution in [3.05, 3.63) is 0 Å². The summed E-state index contributed by atoms with van der Waals surface area (Å²) in [6.07, 6.45) is -0.263. The van der Waals surface area contributed by atoms with Crippen molar-refractivity contribution in [2.75, 3.05) is 19.8 Å². The van der Waals surface area contributed by atoms with Crippen LogP contribution < -0.4 is 11.5 Å². The van der Waals surface area contributed by atoms with E-state index in [9.17, 15) is 14.4 Å². The Morgan fingerprint density at radius 2 is 2.05 bits per heavy atom. The van der Waals surface area contributed by atoms with Gasteiger partial charge in [0, 0.05) is 6.54 Å². The number of hydrogen-bond donors (Lipinski definition) is 3. The topological polar surface area (TPSA) is 136 Å². The second kappa shape index (κ2) is 6.48. The molecule has 108 valence electrons. The van der Waals surface area contributed by atoms with Crippen molar-refractivity contribution >= 4 is 17.8 Å². The molecule has 8 nitrogen and oxygen atoms in total. The second-order valence-corrected chi connectivity index (χ2v) is 4.45. The lowest BCUT2D eigenvalue weighted by Gasteiger charge is -2.31. The highest BCUT2D eigenvalue weighted by atomic mass is 16.5. The minimum absolute atomic E-state index is 0.0643. The summed E-state index contributed by atoms with van der Waals surface area (Å²) in [6.45, 7) is 2.23. The van der Waals surface area contributed by atoms with E-state index in [1.165, 1.54) is 4.90 Å². The Hall–Kier alpha value is -1.67. The van der Waals surface area contributed by atoms with E-state index >= 15 is 0 Å². The number of nitrogens with zero attached hydrogens (tertiary/aromatic N) is 1. The molecular formula is C11H19N3O5. The highest BCUT2D eigenvalue weighted by molar-refractivity contribution is 5.88. The Morgan fingerprint density at radius 1 is 1.42 bits per heavy atom. The first kappa shape index (κ1) is 15.4. The molecule has 1 aliphatic heterocycles. The zero-order valence-electron chi connectivity index (χ0n) is 10.7. The fourth-order valence-corrected chi connectivity index (χ4v) is 2.16. The molecule has 0 aromatic heterocycles. The molecule has 0 spiro atoms. The third kappa shape index (κ3) is 3.65. The van der Waals surface area contributed by atoms with E-state index in [1.807, 2.05) is 0 Å². The molecule has 1 rings (SSSR count). The molecule has 1 fully saturated rings. The van der Waals surface area contributed by atoms with E-state index in [0.717, 1.165) is 0 Å². The number of ether oxygens (including phenoxy) is 1. The van der Waals surface area contributed by atoms with E-state index in [-0.39, 0.29) is 19.6 Å². The highest BCUT2D eigenvalue weighted by Crippen LogP contribution is 2.20. The van der Waals surface area contributed by atoms with Crippen molar-refractivity contribution in [3.63, 3.8) is 0 Å². The van der Waals surface area contributed by atoms with Crippen LogP contribution >= 0.6 is 0 Å². The van der Waals surface area contributed by atoms with Crippen molar-refractivity contribution in [2.45, 2.75) is 25.4 Å². The van der Waals surface area contributed by atoms with Gasteiger partial charge >= 0.3 is 5.97 Å². The maximum atomic E-state index is 12.1. The van der Waals surface area contributed by atoms with E-state index < -0.39 is 35.8 Å². The number of carboxylic acid groups (broad SMARTS) is 1. The largest absolute Gasteiger partial charge is 0.481 e. The molecule has 0 saturated carbocycles. The number of aliphatic carboxylic acids is 1. The van der Waals surface area contributed by atoms with Gasteiger partial charge in [-0.05, 0) is 6.92 Å². The molecule has 5 N–H and O–H groups in total. The van der Waals surface area contributed by atoms with Crippen molar-refractivity contribution in [1.29, 1.82) is 0 Å². The molecule has 0 bridgehead atoms. The number of amides is 2. The van der Waals surface area contributed by atoms with Crippen LogP contribution in [0.25, 0.3) is 0 Å². The molecule has 0 aromatic carbocycles. The zero-order valence-corrected chi connectivity index (χ0v) is 10.7. The van der Waals surface area contributed by atoms with Gasteiger partial charge in [0.2, 0.25) is 11.8 Å². The van der Waals surface area contributed by atoms with Crippen LogP contribution in [-0.2, 0) is 19.1 Å². The van der Waals surface area contributed by atoms with Gasteiger partial charge in [-0.15, -0.1) is 0 Å². The predicted molar refractivity (Wildman–Crippen MR) is 64.9 cm³/mol. The molecule has 3 atom stereocenters. The quantitative estimate of drug-likeness (QED) is 0.519. The number of carbonyl (C=O) groups is 3. The Morgan fingerprint density at radius 3 is 2.53 bits per heavy atom. The van der Waals surface area contributed by atoms with Gasteiger partial charge in [-0.2, -0.15) is 0 Å². The van der Waals surface area contributed by atoms with Gasteiger partial charge < -0.3 is 26.2 Å². The minimum Gasteiger partial charge on any atom is -0.481 e. The summed E-state index contributed by atoms with van der Waals surface area (Å²) >= 11 is 0. The number of rotatable bonds is 6. The Kier molecular flexibility index (Phi) is 5.25.